The van der Waals surface area contributed by atoms with Gasteiger partial charge in [0.25, 0.3) is 0 Å². The number of carbonyl (C=O) groups is 1. The lowest BCUT2D eigenvalue weighted by atomic mass is 10.2. The van der Waals surface area contributed by atoms with Crippen LogP contribution < -0.4 is 10.2 Å². The van der Waals surface area contributed by atoms with Gasteiger partial charge in [-0.25, -0.2) is 4.99 Å². The maximum absolute atomic E-state index is 12.1. The summed E-state index contributed by atoms with van der Waals surface area (Å²) in [6.45, 7) is 6.01. The number of rotatable bonds is 8. The molecule has 1 N–H and O–H groups in total. The maximum Gasteiger partial charge on any atom is 0.243 e. The molecule has 1 amide bonds. The number of anilines is 1. The Morgan fingerprint density at radius 1 is 1.17 bits per heavy atom. The third-order valence-electron chi connectivity index (χ3n) is 5.84. The summed E-state index contributed by atoms with van der Waals surface area (Å²) in [5, 5.41) is 3.52. The summed E-state index contributed by atoms with van der Waals surface area (Å²) in [5.41, 5.74) is 1.23. The molecule has 0 saturated carbocycles. The van der Waals surface area contributed by atoms with Crippen LogP contribution in [-0.2, 0) is 4.79 Å². The molecule has 1 unspecified atom stereocenters. The van der Waals surface area contributed by atoms with Crippen molar-refractivity contribution in [2.75, 3.05) is 71.9 Å². The highest BCUT2D eigenvalue weighted by Crippen LogP contribution is 2.18. The number of amides is 1. The Morgan fingerprint density at radius 2 is 1.90 bits per heavy atom. The van der Waals surface area contributed by atoms with Crippen molar-refractivity contribution in [3.05, 3.63) is 42.5 Å². The van der Waals surface area contributed by atoms with Crippen molar-refractivity contribution < 1.29 is 4.79 Å². The fourth-order valence-electron chi connectivity index (χ4n) is 3.90. The molecule has 0 bridgehead atoms. The third kappa shape index (κ3) is 6.23. The Bertz CT molecular complexity index is 724. The van der Waals surface area contributed by atoms with Crippen LogP contribution in [0.25, 0.3) is 0 Å². The second-order valence-electron chi connectivity index (χ2n) is 8.28. The zero-order chi connectivity index (χ0) is 21.3. The monoisotopic (exact) mass is 412 g/mol. The van der Waals surface area contributed by atoms with E-state index in [1.807, 2.05) is 6.07 Å². The van der Waals surface area contributed by atoms with Crippen molar-refractivity contribution in [2.45, 2.75) is 18.9 Å². The average Bonchev–Trinajstić information content (AvgIpc) is 3.45. The number of nitrogens with one attached hydrogen (secondary N) is 1. The van der Waals surface area contributed by atoms with E-state index in [-0.39, 0.29) is 12.5 Å². The number of carbonyl (C=O) groups excluding carboxylic acids is 1. The lowest BCUT2D eigenvalue weighted by Gasteiger charge is -2.26. The van der Waals surface area contributed by atoms with Crippen LogP contribution >= 0.6 is 0 Å². The summed E-state index contributed by atoms with van der Waals surface area (Å²) in [7, 11) is 5.67. The van der Waals surface area contributed by atoms with Gasteiger partial charge in [-0.15, -0.1) is 0 Å². The summed E-state index contributed by atoms with van der Waals surface area (Å²) >= 11 is 0. The topological polar surface area (TPSA) is 54.4 Å². The van der Waals surface area contributed by atoms with Crippen molar-refractivity contribution in [1.29, 1.82) is 0 Å². The van der Waals surface area contributed by atoms with Crippen molar-refractivity contribution in [3.8, 4) is 0 Å². The maximum atomic E-state index is 12.1. The van der Waals surface area contributed by atoms with E-state index in [1.165, 1.54) is 5.69 Å². The van der Waals surface area contributed by atoms with Gasteiger partial charge in [0.1, 0.15) is 6.54 Å². The van der Waals surface area contributed by atoms with Crippen molar-refractivity contribution in [2.24, 2.45) is 4.99 Å². The van der Waals surface area contributed by atoms with E-state index >= 15 is 0 Å². The summed E-state index contributed by atoms with van der Waals surface area (Å²) < 4.78 is 0. The van der Waals surface area contributed by atoms with E-state index in [1.54, 1.807) is 19.0 Å². The van der Waals surface area contributed by atoms with Gasteiger partial charge in [-0.3, -0.25) is 9.69 Å². The van der Waals surface area contributed by atoms with Crippen molar-refractivity contribution in [3.63, 3.8) is 0 Å². The van der Waals surface area contributed by atoms with Crippen molar-refractivity contribution >= 4 is 17.6 Å². The van der Waals surface area contributed by atoms with Gasteiger partial charge >= 0.3 is 0 Å². The molecule has 1 saturated heterocycles. The fourth-order valence-corrected chi connectivity index (χ4v) is 3.90. The predicted molar refractivity (Wildman–Crippen MR) is 124 cm³/mol. The lowest BCUT2D eigenvalue weighted by Crippen LogP contribution is -2.44. The minimum atomic E-state index is 0.0256. The molecule has 0 spiro atoms. The highest BCUT2D eigenvalue weighted by Gasteiger charge is 2.29. The molecule has 2 aliphatic heterocycles. The first-order chi connectivity index (χ1) is 14.5. The highest BCUT2D eigenvalue weighted by molar-refractivity contribution is 5.85. The van der Waals surface area contributed by atoms with Gasteiger partial charge in [0, 0.05) is 72.1 Å². The Balaban J connectivity index is 1.52. The number of aliphatic imine (C=N–C) groups is 1. The van der Waals surface area contributed by atoms with Crippen LogP contribution in [0.5, 0.6) is 0 Å². The molecule has 1 fully saturated rings. The number of likely N-dealkylation sites (N-methyl/N-ethyl adjacent to an activating group) is 1. The van der Waals surface area contributed by atoms with E-state index in [4.69, 9.17) is 0 Å². The predicted octanol–water partition coefficient (Wildman–Crippen LogP) is 1.49. The molecule has 1 aromatic carbocycles. The van der Waals surface area contributed by atoms with Gasteiger partial charge in [-0.1, -0.05) is 30.4 Å². The Hall–Kier alpha value is -2.54. The number of guanidine groups is 1. The van der Waals surface area contributed by atoms with Crippen LogP contribution in [0.2, 0.25) is 0 Å². The Labute approximate surface area is 181 Å². The molecular formula is C23H36N6O. The first kappa shape index (κ1) is 22.2. The minimum Gasteiger partial charge on any atom is -0.375 e. The van der Waals surface area contributed by atoms with Crippen LogP contribution in [0, 0.1) is 0 Å². The number of nitrogens with zero attached hydrogens (tertiary/aromatic N) is 5. The van der Waals surface area contributed by atoms with Gasteiger partial charge in [0.05, 0.1) is 0 Å². The van der Waals surface area contributed by atoms with Crippen LogP contribution in [0.3, 0.4) is 0 Å². The Kier molecular flexibility index (Phi) is 8.13. The summed E-state index contributed by atoms with van der Waals surface area (Å²) in [4.78, 5) is 25.4. The van der Waals surface area contributed by atoms with E-state index in [9.17, 15) is 4.79 Å². The largest absolute Gasteiger partial charge is 0.375 e. The van der Waals surface area contributed by atoms with E-state index < -0.39 is 0 Å². The molecule has 30 heavy (non-hydrogen) atoms. The minimum absolute atomic E-state index is 0.0256. The second-order valence-corrected chi connectivity index (χ2v) is 8.28. The molecule has 0 radical (unpaired) electrons. The molecule has 2 heterocycles. The Morgan fingerprint density at radius 3 is 2.60 bits per heavy atom. The van der Waals surface area contributed by atoms with Gasteiger partial charge in [0.15, 0.2) is 5.96 Å². The number of hydrogen-bond donors (Lipinski definition) is 1. The molecule has 2 aliphatic rings. The zero-order valence-corrected chi connectivity index (χ0v) is 18.6. The van der Waals surface area contributed by atoms with Gasteiger partial charge in [-0.05, 0) is 25.0 Å². The normalized spacial score (nSPS) is 19.4. The smallest absolute Gasteiger partial charge is 0.243 e. The molecular weight excluding hydrogens is 376 g/mol. The van der Waals surface area contributed by atoms with Crippen molar-refractivity contribution in [1.82, 2.24) is 20.0 Å². The highest BCUT2D eigenvalue weighted by atomic mass is 16.2. The molecule has 7 nitrogen and oxygen atoms in total. The SMILES string of the molecule is CN(C)C(=O)CN=C(NCCCN(C)c1ccccc1)N1CCC(N2CC=CC2)C1. The molecule has 1 aromatic rings. The average molecular weight is 413 g/mol. The molecule has 7 heteroatoms. The van der Waals surface area contributed by atoms with Crippen LogP contribution in [0.4, 0.5) is 5.69 Å². The second kappa shape index (κ2) is 11.0. The van der Waals surface area contributed by atoms with Crippen LogP contribution in [-0.4, -0.2) is 99.6 Å². The van der Waals surface area contributed by atoms with Crippen LogP contribution in [0.15, 0.2) is 47.5 Å². The van der Waals surface area contributed by atoms with E-state index in [0.717, 1.165) is 58.1 Å². The van der Waals surface area contributed by atoms with Gasteiger partial charge in [0.2, 0.25) is 5.91 Å². The summed E-state index contributed by atoms with van der Waals surface area (Å²) in [6, 6.07) is 11.0. The number of hydrogen-bond acceptors (Lipinski definition) is 4. The van der Waals surface area contributed by atoms with Gasteiger partial charge < -0.3 is 20.0 Å². The molecule has 0 aromatic heterocycles. The molecule has 0 aliphatic carbocycles. The third-order valence-corrected chi connectivity index (χ3v) is 5.84. The van der Waals surface area contributed by atoms with E-state index in [0.29, 0.717) is 6.04 Å². The fraction of sp³-hybridized carbons (Fsp3) is 0.565. The standard InChI is InChI=1S/C23H36N6O/c1-26(2)22(30)18-25-23(29-17-12-21(19-29)28-15-7-8-16-28)24-13-9-14-27(3)20-10-5-4-6-11-20/h4-8,10-11,21H,9,12-19H2,1-3H3,(H,24,25). The first-order valence-corrected chi connectivity index (χ1v) is 10.9. The number of para-hydroxylation sites is 1. The molecule has 1 atom stereocenters. The first-order valence-electron chi connectivity index (χ1n) is 10.9. The quantitative estimate of drug-likeness (QED) is 0.304. The molecule has 3 rings (SSSR count). The zero-order valence-electron chi connectivity index (χ0n) is 18.6. The van der Waals surface area contributed by atoms with E-state index in [2.05, 4.69) is 68.5 Å². The number of likely N-dealkylation sites (tertiary alicyclic amines) is 1. The van der Waals surface area contributed by atoms with Crippen LogP contribution in [0.1, 0.15) is 12.8 Å². The number of benzene rings is 1. The molecule has 164 valence electrons. The summed E-state index contributed by atoms with van der Waals surface area (Å²) in [6.07, 6.45) is 6.63. The van der Waals surface area contributed by atoms with Gasteiger partial charge in [-0.2, -0.15) is 0 Å². The lowest BCUT2D eigenvalue weighted by molar-refractivity contribution is -0.127. The summed E-state index contributed by atoms with van der Waals surface area (Å²) in [5.74, 6) is 0.889.